The molecule has 4 heteroatoms. The third kappa shape index (κ3) is 2.03. The summed E-state index contributed by atoms with van der Waals surface area (Å²) in [5.41, 5.74) is 6.36. The molecule has 0 unspecified atom stereocenters. The predicted molar refractivity (Wildman–Crippen MR) is 52.3 cm³/mol. The molecule has 1 atom stereocenters. The standard InChI is InChI=1S/C10H13NO3/c1-2-8(11)6-3-4-9(12)7(5-6)10(13)14/h3-5,8,12H,2,11H2,1H3,(H,13,14)/t8-/m1/s1. The lowest BCUT2D eigenvalue weighted by atomic mass is 10.0. The van der Waals surface area contributed by atoms with E-state index < -0.39 is 5.97 Å². The fourth-order valence-electron chi connectivity index (χ4n) is 1.19. The zero-order valence-electron chi connectivity index (χ0n) is 7.90. The molecule has 0 radical (unpaired) electrons. The Labute approximate surface area is 82.0 Å². The van der Waals surface area contributed by atoms with Gasteiger partial charge in [-0.25, -0.2) is 4.79 Å². The molecule has 0 heterocycles. The van der Waals surface area contributed by atoms with Crippen molar-refractivity contribution in [1.29, 1.82) is 0 Å². The van der Waals surface area contributed by atoms with E-state index in [1.807, 2.05) is 6.92 Å². The van der Waals surface area contributed by atoms with Crippen LogP contribution in [-0.4, -0.2) is 16.2 Å². The van der Waals surface area contributed by atoms with Crippen LogP contribution < -0.4 is 5.73 Å². The molecule has 14 heavy (non-hydrogen) atoms. The summed E-state index contributed by atoms with van der Waals surface area (Å²) in [7, 11) is 0. The molecule has 1 rings (SSSR count). The lowest BCUT2D eigenvalue weighted by molar-refractivity contribution is 0.0693. The Morgan fingerprint density at radius 1 is 1.57 bits per heavy atom. The fourth-order valence-corrected chi connectivity index (χ4v) is 1.19. The van der Waals surface area contributed by atoms with Crippen LogP contribution in [0, 0.1) is 0 Å². The largest absolute Gasteiger partial charge is 0.507 e. The van der Waals surface area contributed by atoms with Crippen molar-refractivity contribution in [3.63, 3.8) is 0 Å². The number of carboxylic acids is 1. The summed E-state index contributed by atoms with van der Waals surface area (Å²) in [5, 5.41) is 18.0. The van der Waals surface area contributed by atoms with Gasteiger partial charge in [-0.2, -0.15) is 0 Å². The van der Waals surface area contributed by atoms with Gasteiger partial charge in [0, 0.05) is 6.04 Å². The molecular formula is C10H13NO3. The minimum Gasteiger partial charge on any atom is -0.507 e. The van der Waals surface area contributed by atoms with Crippen LogP contribution in [0.2, 0.25) is 0 Å². The van der Waals surface area contributed by atoms with E-state index in [9.17, 15) is 9.90 Å². The van der Waals surface area contributed by atoms with Crippen LogP contribution in [0.5, 0.6) is 5.75 Å². The second kappa shape index (κ2) is 4.11. The SMILES string of the molecule is CC[C@@H](N)c1ccc(O)c(C(=O)O)c1. The second-order valence-corrected chi connectivity index (χ2v) is 3.10. The zero-order valence-corrected chi connectivity index (χ0v) is 7.90. The Hall–Kier alpha value is -1.55. The number of nitrogens with two attached hydrogens (primary N) is 1. The Morgan fingerprint density at radius 2 is 2.21 bits per heavy atom. The van der Waals surface area contributed by atoms with Gasteiger partial charge in [0.1, 0.15) is 11.3 Å². The topological polar surface area (TPSA) is 83.5 Å². The van der Waals surface area contributed by atoms with E-state index in [-0.39, 0.29) is 17.4 Å². The van der Waals surface area contributed by atoms with E-state index >= 15 is 0 Å². The molecule has 76 valence electrons. The number of rotatable bonds is 3. The molecule has 0 aliphatic carbocycles. The van der Waals surface area contributed by atoms with Crippen LogP contribution >= 0.6 is 0 Å². The van der Waals surface area contributed by atoms with Crippen LogP contribution in [0.3, 0.4) is 0 Å². The molecule has 0 spiro atoms. The monoisotopic (exact) mass is 195 g/mol. The minimum atomic E-state index is -1.15. The van der Waals surface area contributed by atoms with Crippen molar-refractivity contribution >= 4 is 5.97 Å². The lowest BCUT2D eigenvalue weighted by Crippen LogP contribution is -2.09. The summed E-state index contributed by atoms with van der Waals surface area (Å²) in [5.74, 6) is -1.38. The maximum absolute atomic E-state index is 10.7. The smallest absolute Gasteiger partial charge is 0.339 e. The number of benzene rings is 1. The summed E-state index contributed by atoms with van der Waals surface area (Å²) in [6.45, 7) is 1.91. The van der Waals surface area contributed by atoms with Gasteiger partial charge in [-0.05, 0) is 24.1 Å². The van der Waals surface area contributed by atoms with Gasteiger partial charge in [-0.3, -0.25) is 0 Å². The van der Waals surface area contributed by atoms with Crippen molar-refractivity contribution < 1.29 is 15.0 Å². The van der Waals surface area contributed by atoms with Gasteiger partial charge < -0.3 is 15.9 Å². The third-order valence-corrected chi connectivity index (χ3v) is 2.12. The molecule has 0 bridgehead atoms. The number of carbonyl (C=O) groups is 1. The van der Waals surface area contributed by atoms with Crippen LogP contribution in [0.25, 0.3) is 0 Å². The van der Waals surface area contributed by atoms with Crippen molar-refractivity contribution in [3.05, 3.63) is 29.3 Å². The molecule has 0 saturated heterocycles. The number of carboxylic acid groups (broad SMARTS) is 1. The Kier molecular flexibility index (Phi) is 3.09. The number of aromatic carboxylic acids is 1. The molecule has 0 aliphatic heterocycles. The molecule has 0 fully saturated rings. The first-order valence-electron chi connectivity index (χ1n) is 4.38. The van der Waals surface area contributed by atoms with Gasteiger partial charge in [0.05, 0.1) is 0 Å². The van der Waals surface area contributed by atoms with Crippen molar-refractivity contribution in [3.8, 4) is 5.75 Å². The maximum Gasteiger partial charge on any atom is 0.339 e. The molecule has 0 aliphatic rings. The minimum absolute atomic E-state index is 0.105. The van der Waals surface area contributed by atoms with E-state index in [2.05, 4.69) is 0 Å². The summed E-state index contributed by atoms with van der Waals surface area (Å²) in [4.78, 5) is 10.7. The number of hydrogen-bond donors (Lipinski definition) is 3. The predicted octanol–water partition coefficient (Wildman–Crippen LogP) is 1.50. The molecule has 0 aromatic heterocycles. The first-order valence-corrected chi connectivity index (χ1v) is 4.38. The number of phenols is 1. The molecule has 4 N–H and O–H groups in total. The maximum atomic E-state index is 10.7. The average molecular weight is 195 g/mol. The van der Waals surface area contributed by atoms with Crippen molar-refractivity contribution in [2.45, 2.75) is 19.4 Å². The normalized spacial score (nSPS) is 12.4. The van der Waals surface area contributed by atoms with E-state index in [1.165, 1.54) is 12.1 Å². The summed E-state index contributed by atoms with van der Waals surface area (Å²) < 4.78 is 0. The first-order chi connectivity index (χ1) is 6.56. The molecule has 1 aromatic rings. The Balaban J connectivity index is 3.12. The van der Waals surface area contributed by atoms with Gasteiger partial charge in [0.25, 0.3) is 0 Å². The van der Waals surface area contributed by atoms with E-state index in [4.69, 9.17) is 10.8 Å². The van der Waals surface area contributed by atoms with E-state index in [1.54, 1.807) is 6.07 Å². The Morgan fingerprint density at radius 3 is 2.71 bits per heavy atom. The van der Waals surface area contributed by atoms with Crippen LogP contribution in [-0.2, 0) is 0 Å². The third-order valence-electron chi connectivity index (χ3n) is 2.12. The van der Waals surface area contributed by atoms with Gasteiger partial charge in [0.15, 0.2) is 0 Å². The number of hydrogen-bond acceptors (Lipinski definition) is 3. The molecule has 0 saturated carbocycles. The van der Waals surface area contributed by atoms with Crippen molar-refractivity contribution in [2.75, 3.05) is 0 Å². The molecular weight excluding hydrogens is 182 g/mol. The molecule has 1 aromatic carbocycles. The zero-order chi connectivity index (χ0) is 10.7. The first kappa shape index (κ1) is 10.5. The Bertz CT molecular complexity index is 349. The highest BCUT2D eigenvalue weighted by molar-refractivity contribution is 5.90. The van der Waals surface area contributed by atoms with E-state index in [0.717, 1.165) is 12.0 Å². The molecule has 4 nitrogen and oxygen atoms in total. The fraction of sp³-hybridized carbons (Fsp3) is 0.300. The average Bonchev–Trinajstić information content (AvgIpc) is 2.17. The van der Waals surface area contributed by atoms with Crippen molar-refractivity contribution in [2.24, 2.45) is 5.73 Å². The van der Waals surface area contributed by atoms with Gasteiger partial charge in [-0.1, -0.05) is 13.0 Å². The lowest BCUT2D eigenvalue weighted by Gasteiger charge is -2.10. The van der Waals surface area contributed by atoms with Crippen LogP contribution in [0.4, 0.5) is 0 Å². The highest BCUT2D eigenvalue weighted by atomic mass is 16.4. The highest BCUT2D eigenvalue weighted by Crippen LogP contribution is 2.22. The summed E-state index contributed by atoms with van der Waals surface area (Å²) >= 11 is 0. The quantitative estimate of drug-likeness (QED) is 0.682. The van der Waals surface area contributed by atoms with Gasteiger partial charge >= 0.3 is 5.97 Å². The van der Waals surface area contributed by atoms with Crippen LogP contribution in [0.15, 0.2) is 18.2 Å². The molecule has 0 amide bonds. The van der Waals surface area contributed by atoms with Gasteiger partial charge in [0.2, 0.25) is 0 Å². The highest BCUT2D eigenvalue weighted by Gasteiger charge is 2.12. The van der Waals surface area contributed by atoms with Crippen molar-refractivity contribution in [1.82, 2.24) is 0 Å². The van der Waals surface area contributed by atoms with Crippen LogP contribution in [0.1, 0.15) is 35.3 Å². The van der Waals surface area contributed by atoms with Gasteiger partial charge in [-0.15, -0.1) is 0 Å². The summed E-state index contributed by atoms with van der Waals surface area (Å²) in [6.07, 6.45) is 0.726. The summed E-state index contributed by atoms with van der Waals surface area (Å²) in [6, 6.07) is 4.21. The number of aromatic hydroxyl groups is 1. The van der Waals surface area contributed by atoms with E-state index in [0.29, 0.717) is 0 Å². The second-order valence-electron chi connectivity index (χ2n) is 3.10.